The van der Waals surface area contributed by atoms with Crippen LogP contribution in [0.3, 0.4) is 0 Å². The van der Waals surface area contributed by atoms with Crippen molar-refractivity contribution in [2.24, 2.45) is 0 Å². The Bertz CT molecular complexity index is 578. The Morgan fingerprint density at radius 2 is 1.25 bits per heavy atom. The second-order valence-electron chi connectivity index (χ2n) is 6.15. The fourth-order valence-electron chi connectivity index (χ4n) is 2.66. The highest BCUT2D eigenvalue weighted by Gasteiger charge is 2.01. The summed E-state index contributed by atoms with van der Waals surface area (Å²) in [6.45, 7) is 0. The zero-order valence-electron chi connectivity index (χ0n) is 14.0. The van der Waals surface area contributed by atoms with Crippen LogP contribution < -0.4 is 5.11 Å². The van der Waals surface area contributed by atoms with Crippen LogP contribution in [0, 0.1) is 0 Å². The van der Waals surface area contributed by atoms with Crippen molar-refractivity contribution in [2.45, 2.75) is 75.5 Å². The Hall–Kier alpha value is -1.40. The SMILES string of the molecule is O=C([O-])CCCCCCCCCCCc1ccc(S(=O)(=O)[O-])cc1. The topological polar surface area (TPSA) is 97.3 Å². The van der Waals surface area contributed by atoms with Gasteiger partial charge in [0.15, 0.2) is 0 Å². The second kappa shape index (κ2) is 11.2. The molecule has 1 rings (SSSR count). The maximum absolute atomic E-state index is 10.8. The van der Waals surface area contributed by atoms with Crippen molar-refractivity contribution in [1.29, 1.82) is 0 Å². The zero-order valence-corrected chi connectivity index (χ0v) is 14.9. The van der Waals surface area contributed by atoms with Gasteiger partial charge in [-0.05, 0) is 43.4 Å². The summed E-state index contributed by atoms with van der Waals surface area (Å²) in [5, 5.41) is 10.2. The first-order chi connectivity index (χ1) is 11.4. The Balaban J connectivity index is 2.00. The first kappa shape index (κ1) is 20.6. The van der Waals surface area contributed by atoms with Gasteiger partial charge in [-0.15, -0.1) is 0 Å². The van der Waals surface area contributed by atoms with E-state index in [9.17, 15) is 22.9 Å². The van der Waals surface area contributed by atoms with E-state index < -0.39 is 16.1 Å². The Morgan fingerprint density at radius 3 is 1.71 bits per heavy atom. The van der Waals surface area contributed by atoms with E-state index in [0.717, 1.165) is 50.5 Å². The molecule has 24 heavy (non-hydrogen) atoms. The molecule has 0 unspecified atom stereocenters. The third kappa shape index (κ3) is 9.67. The number of benzene rings is 1. The normalized spacial score (nSPS) is 11.5. The predicted octanol–water partition coefficient (Wildman–Crippen LogP) is 2.78. The van der Waals surface area contributed by atoms with Gasteiger partial charge in [0.25, 0.3) is 0 Å². The maximum Gasteiger partial charge on any atom is 0.124 e. The van der Waals surface area contributed by atoms with Crippen molar-refractivity contribution in [3.8, 4) is 0 Å². The molecule has 0 bridgehead atoms. The molecular weight excluding hydrogens is 328 g/mol. The largest absolute Gasteiger partial charge is 0.744 e. The number of unbranched alkanes of at least 4 members (excludes halogenated alkanes) is 8. The smallest absolute Gasteiger partial charge is 0.124 e. The molecule has 0 atom stereocenters. The lowest BCUT2D eigenvalue weighted by Crippen LogP contribution is -2.21. The molecule has 0 spiro atoms. The Kier molecular flexibility index (Phi) is 9.64. The minimum absolute atomic E-state index is 0.168. The van der Waals surface area contributed by atoms with Crippen molar-refractivity contribution in [1.82, 2.24) is 0 Å². The minimum atomic E-state index is -4.35. The van der Waals surface area contributed by atoms with Crippen LogP contribution in [0.25, 0.3) is 0 Å². The molecule has 0 aromatic heterocycles. The van der Waals surface area contributed by atoms with Gasteiger partial charge in [-0.25, -0.2) is 8.42 Å². The van der Waals surface area contributed by atoms with E-state index in [1.807, 2.05) is 0 Å². The summed E-state index contributed by atoms with van der Waals surface area (Å²) in [6.07, 6.45) is 10.7. The maximum atomic E-state index is 10.8. The van der Waals surface area contributed by atoms with Crippen LogP contribution in [0.15, 0.2) is 29.2 Å². The summed E-state index contributed by atoms with van der Waals surface area (Å²) in [5.41, 5.74) is 1.05. The van der Waals surface area contributed by atoms with Crippen LogP contribution in [0.5, 0.6) is 0 Å². The first-order valence-corrected chi connectivity index (χ1v) is 10.0. The van der Waals surface area contributed by atoms with Crippen molar-refractivity contribution in [3.05, 3.63) is 29.8 Å². The van der Waals surface area contributed by atoms with Crippen LogP contribution in [0.2, 0.25) is 0 Å². The number of carboxylic acid groups (broad SMARTS) is 1. The van der Waals surface area contributed by atoms with Gasteiger partial charge >= 0.3 is 0 Å². The second-order valence-corrected chi connectivity index (χ2v) is 7.53. The molecule has 136 valence electrons. The highest BCUT2D eigenvalue weighted by Crippen LogP contribution is 2.14. The average molecular weight is 354 g/mol. The Labute approximate surface area is 144 Å². The summed E-state index contributed by atoms with van der Waals surface area (Å²) in [6, 6.07) is 6.16. The van der Waals surface area contributed by atoms with Gasteiger partial charge in [0.1, 0.15) is 10.1 Å². The van der Waals surface area contributed by atoms with E-state index in [-0.39, 0.29) is 11.3 Å². The summed E-state index contributed by atoms with van der Waals surface area (Å²) in [5.74, 6) is -0.959. The number of carbonyl (C=O) groups excluding carboxylic acids is 1. The third-order valence-electron chi connectivity index (χ3n) is 4.06. The fourth-order valence-corrected chi connectivity index (χ4v) is 3.13. The van der Waals surface area contributed by atoms with Gasteiger partial charge in [-0.2, -0.15) is 0 Å². The van der Waals surface area contributed by atoms with Crippen LogP contribution in [-0.4, -0.2) is 18.9 Å². The van der Waals surface area contributed by atoms with E-state index in [0.29, 0.717) is 0 Å². The molecule has 0 aliphatic heterocycles. The monoisotopic (exact) mass is 354 g/mol. The minimum Gasteiger partial charge on any atom is -0.744 e. The molecular formula is C18H26O5S-2. The molecule has 6 heteroatoms. The molecule has 0 saturated carbocycles. The van der Waals surface area contributed by atoms with Gasteiger partial charge in [-0.1, -0.05) is 57.1 Å². The molecule has 0 fully saturated rings. The van der Waals surface area contributed by atoms with Gasteiger partial charge < -0.3 is 14.5 Å². The molecule has 0 amide bonds. The number of carboxylic acids is 1. The number of hydrogen-bond acceptors (Lipinski definition) is 5. The summed E-state index contributed by atoms with van der Waals surface area (Å²) >= 11 is 0. The van der Waals surface area contributed by atoms with E-state index in [4.69, 9.17) is 0 Å². The van der Waals surface area contributed by atoms with Crippen LogP contribution in [0.1, 0.15) is 69.8 Å². The molecule has 0 saturated heterocycles. The molecule has 1 aromatic rings. The first-order valence-electron chi connectivity index (χ1n) is 8.64. The van der Waals surface area contributed by atoms with Crippen molar-refractivity contribution in [3.63, 3.8) is 0 Å². The lowest BCUT2D eigenvalue weighted by Gasteiger charge is -2.08. The third-order valence-corrected chi connectivity index (χ3v) is 4.91. The standard InChI is InChI=1S/C18H28O5S/c19-18(20)11-9-7-5-3-1-2-4-6-8-10-16-12-14-17(15-13-16)24(21,22)23/h12-15H,1-11H2,(H,19,20)(H,21,22,23)/p-2. The number of hydrogen-bond donors (Lipinski definition) is 0. The molecule has 0 radical (unpaired) electrons. The molecule has 0 N–H and O–H groups in total. The highest BCUT2D eigenvalue weighted by molar-refractivity contribution is 7.85. The van der Waals surface area contributed by atoms with E-state index >= 15 is 0 Å². The average Bonchev–Trinajstić information content (AvgIpc) is 2.52. The highest BCUT2D eigenvalue weighted by atomic mass is 32.2. The summed E-state index contributed by atoms with van der Waals surface area (Å²) in [7, 11) is -4.35. The molecule has 1 aromatic carbocycles. The van der Waals surface area contributed by atoms with Crippen LogP contribution >= 0.6 is 0 Å². The fraction of sp³-hybridized carbons (Fsp3) is 0.611. The number of carbonyl (C=O) groups is 1. The lowest BCUT2D eigenvalue weighted by atomic mass is 10.0. The number of rotatable bonds is 13. The van der Waals surface area contributed by atoms with Crippen LogP contribution in [0.4, 0.5) is 0 Å². The summed E-state index contributed by atoms with van der Waals surface area (Å²) < 4.78 is 32.5. The van der Waals surface area contributed by atoms with Gasteiger partial charge in [0, 0.05) is 5.97 Å². The van der Waals surface area contributed by atoms with Crippen molar-refractivity contribution < 1.29 is 22.9 Å². The molecule has 5 nitrogen and oxygen atoms in total. The zero-order chi connectivity index (χ0) is 17.8. The molecule has 0 aliphatic rings. The van der Waals surface area contributed by atoms with E-state index in [1.165, 1.54) is 31.4 Å². The number of aliphatic carboxylic acids is 1. The predicted molar refractivity (Wildman–Crippen MR) is 89.3 cm³/mol. The lowest BCUT2D eigenvalue weighted by molar-refractivity contribution is -0.305. The van der Waals surface area contributed by atoms with Crippen LogP contribution in [-0.2, 0) is 21.3 Å². The van der Waals surface area contributed by atoms with Crippen molar-refractivity contribution >= 4 is 16.1 Å². The van der Waals surface area contributed by atoms with Gasteiger partial charge in [0.2, 0.25) is 0 Å². The number of aryl methyl sites for hydroxylation is 1. The van der Waals surface area contributed by atoms with E-state index in [2.05, 4.69) is 0 Å². The summed E-state index contributed by atoms with van der Waals surface area (Å²) in [4.78, 5) is 10.1. The molecule has 0 heterocycles. The Morgan fingerprint density at radius 1 is 0.792 bits per heavy atom. The quantitative estimate of drug-likeness (QED) is 0.401. The van der Waals surface area contributed by atoms with E-state index in [1.54, 1.807) is 12.1 Å². The van der Waals surface area contributed by atoms with Gasteiger partial charge in [-0.3, -0.25) is 0 Å². The molecule has 0 aliphatic carbocycles. The van der Waals surface area contributed by atoms with Gasteiger partial charge in [0.05, 0.1) is 4.90 Å². The van der Waals surface area contributed by atoms with Crippen molar-refractivity contribution in [2.75, 3.05) is 0 Å².